The maximum Gasteiger partial charge on any atom is 0.241 e. The van der Waals surface area contributed by atoms with Crippen molar-refractivity contribution in [1.29, 1.82) is 0 Å². The Bertz CT molecular complexity index is 889. The zero-order valence-electron chi connectivity index (χ0n) is 13.8. The smallest absolute Gasteiger partial charge is 0.241 e. The minimum absolute atomic E-state index is 0.232. The topological polar surface area (TPSA) is 85.1 Å². The van der Waals surface area contributed by atoms with Crippen molar-refractivity contribution in [1.82, 2.24) is 10.1 Å². The lowest BCUT2D eigenvalue weighted by Gasteiger charge is -2.09. The van der Waals surface area contributed by atoms with E-state index >= 15 is 0 Å². The van der Waals surface area contributed by atoms with E-state index in [0.717, 1.165) is 16.3 Å². The Morgan fingerprint density at radius 2 is 2.12 bits per heavy atom. The summed E-state index contributed by atoms with van der Waals surface area (Å²) in [6.07, 6.45) is 0. The van der Waals surface area contributed by atoms with Gasteiger partial charge in [-0.2, -0.15) is 0 Å². The molecule has 3 rings (SSSR count). The number of thiazole rings is 1. The van der Waals surface area contributed by atoms with Gasteiger partial charge in [0.2, 0.25) is 5.91 Å². The highest BCUT2D eigenvalue weighted by Gasteiger charge is 2.22. The lowest BCUT2D eigenvalue weighted by molar-refractivity contribution is -0.115. The Labute approximate surface area is 151 Å². The zero-order chi connectivity index (χ0) is 17.8. The van der Waals surface area contributed by atoms with E-state index in [1.165, 1.54) is 11.3 Å². The van der Waals surface area contributed by atoms with Gasteiger partial charge in [-0.05, 0) is 13.8 Å². The van der Waals surface area contributed by atoms with Crippen molar-refractivity contribution in [2.24, 2.45) is 0 Å². The molecule has 8 heteroatoms. The number of benzene rings is 1. The highest BCUT2D eigenvalue weighted by molar-refractivity contribution is 7.85. The zero-order valence-corrected chi connectivity index (χ0v) is 15.4. The molecule has 2 atom stereocenters. The normalized spacial score (nSPS) is 13.4. The van der Waals surface area contributed by atoms with Gasteiger partial charge < -0.3 is 9.84 Å². The maximum absolute atomic E-state index is 12.5. The van der Waals surface area contributed by atoms with Crippen LogP contribution in [0.2, 0.25) is 0 Å². The first-order valence-electron chi connectivity index (χ1n) is 7.64. The highest BCUT2D eigenvalue weighted by atomic mass is 32.2. The first kappa shape index (κ1) is 17.5. The van der Waals surface area contributed by atoms with E-state index in [1.807, 2.05) is 35.7 Å². The molecule has 0 radical (unpaired) electrons. The molecule has 0 aliphatic heterocycles. The van der Waals surface area contributed by atoms with E-state index in [0.29, 0.717) is 11.6 Å². The summed E-state index contributed by atoms with van der Waals surface area (Å²) in [6, 6.07) is 11.4. The van der Waals surface area contributed by atoms with Crippen molar-refractivity contribution in [3.8, 4) is 10.6 Å². The second-order valence-corrected chi connectivity index (χ2v) is 8.10. The van der Waals surface area contributed by atoms with Gasteiger partial charge in [-0.25, -0.2) is 4.98 Å². The van der Waals surface area contributed by atoms with Crippen LogP contribution in [0.15, 0.2) is 46.3 Å². The number of aryl methyl sites for hydroxylation is 1. The van der Waals surface area contributed by atoms with Crippen LogP contribution in [0.3, 0.4) is 0 Å². The molecule has 1 N–H and O–H groups in total. The van der Waals surface area contributed by atoms with Gasteiger partial charge in [0.25, 0.3) is 0 Å². The van der Waals surface area contributed by atoms with Crippen LogP contribution in [-0.4, -0.2) is 25.5 Å². The minimum Gasteiger partial charge on any atom is -0.360 e. The van der Waals surface area contributed by atoms with E-state index in [1.54, 1.807) is 19.9 Å². The van der Waals surface area contributed by atoms with Gasteiger partial charge in [0.1, 0.15) is 16.0 Å². The molecule has 0 fully saturated rings. The number of amides is 1. The number of carbonyl (C=O) groups is 1. The average Bonchev–Trinajstić information content (AvgIpc) is 3.24. The summed E-state index contributed by atoms with van der Waals surface area (Å²) in [7, 11) is -1.38. The van der Waals surface area contributed by atoms with Crippen LogP contribution >= 0.6 is 11.3 Å². The third-order valence-electron chi connectivity index (χ3n) is 3.51. The third kappa shape index (κ3) is 4.40. The molecular formula is C17H17N3O3S2. The van der Waals surface area contributed by atoms with E-state index in [-0.39, 0.29) is 11.7 Å². The number of rotatable bonds is 6. The molecule has 0 spiro atoms. The van der Waals surface area contributed by atoms with Crippen LogP contribution in [0.1, 0.15) is 18.4 Å². The van der Waals surface area contributed by atoms with Gasteiger partial charge >= 0.3 is 0 Å². The van der Waals surface area contributed by atoms with Crippen molar-refractivity contribution in [2.45, 2.75) is 24.9 Å². The second kappa shape index (κ2) is 7.71. The predicted octanol–water partition coefficient (Wildman–Crippen LogP) is 3.38. The summed E-state index contributed by atoms with van der Waals surface area (Å²) in [5, 5.41) is 8.38. The quantitative estimate of drug-likeness (QED) is 0.714. The Kier molecular flexibility index (Phi) is 5.40. The monoisotopic (exact) mass is 375 g/mol. The molecule has 0 aliphatic carbocycles. The first-order valence-corrected chi connectivity index (χ1v) is 9.90. The standard InChI is InChI=1S/C17H17N3O3S2/c1-11-8-15(20-23-11)19-16(21)12(2)25(22)10-14-9-24-17(18-14)13-6-4-3-5-7-13/h3-9,12H,10H2,1-2H3,(H,19,20,21)/t12-,25-/m1/s1. The number of anilines is 1. The SMILES string of the molecule is Cc1cc(NC(=O)[C@@H](C)[S@](=O)Cc2csc(-c3ccccc3)n2)no1. The summed E-state index contributed by atoms with van der Waals surface area (Å²) in [5.74, 6) is 0.798. The molecule has 2 heterocycles. The van der Waals surface area contributed by atoms with Gasteiger partial charge in [0.05, 0.1) is 11.4 Å². The molecule has 130 valence electrons. The number of hydrogen-bond acceptors (Lipinski definition) is 6. The molecule has 2 aromatic heterocycles. The fourth-order valence-corrected chi connectivity index (χ4v) is 4.05. The lowest BCUT2D eigenvalue weighted by Crippen LogP contribution is -2.29. The van der Waals surface area contributed by atoms with Crippen LogP contribution in [-0.2, 0) is 21.3 Å². The molecule has 6 nitrogen and oxygen atoms in total. The molecule has 25 heavy (non-hydrogen) atoms. The molecule has 0 unspecified atom stereocenters. The van der Waals surface area contributed by atoms with Crippen molar-refractivity contribution < 1.29 is 13.5 Å². The van der Waals surface area contributed by atoms with E-state index in [9.17, 15) is 9.00 Å². The summed E-state index contributed by atoms with van der Waals surface area (Å²) in [4.78, 5) is 16.7. The van der Waals surface area contributed by atoms with Gasteiger partial charge in [0.15, 0.2) is 5.82 Å². The van der Waals surface area contributed by atoms with E-state index < -0.39 is 16.0 Å². The first-order chi connectivity index (χ1) is 12.0. The molecule has 0 saturated carbocycles. The minimum atomic E-state index is -1.38. The van der Waals surface area contributed by atoms with E-state index in [2.05, 4.69) is 15.5 Å². The van der Waals surface area contributed by atoms with Gasteiger partial charge in [-0.1, -0.05) is 35.5 Å². The van der Waals surface area contributed by atoms with E-state index in [4.69, 9.17) is 4.52 Å². The number of nitrogens with zero attached hydrogens (tertiary/aromatic N) is 2. The molecule has 0 aliphatic rings. The average molecular weight is 375 g/mol. The van der Waals surface area contributed by atoms with Crippen LogP contribution < -0.4 is 5.32 Å². The highest BCUT2D eigenvalue weighted by Crippen LogP contribution is 2.24. The fourth-order valence-electron chi connectivity index (χ4n) is 2.13. The summed E-state index contributed by atoms with van der Waals surface area (Å²) < 4.78 is 17.4. The lowest BCUT2D eigenvalue weighted by atomic mass is 10.2. The van der Waals surface area contributed by atoms with Gasteiger partial charge in [-0.3, -0.25) is 9.00 Å². The summed E-state index contributed by atoms with van der Waals surface area (Å²) >= 11 is 1.50. The third-order valence-corrected chi connectivity index (χ3v) is 6.03. The Balaban J connectivity index is 1.61. The number of aromatic nitrogens is 2. The second-order valence-electron chi connectivity index (χ2n) is 5.49. The molecule has 1 aromatic carbocycles. The number of hydrogen-bond donors (Lipinski definition) is 1. The van der Waals surface area contributed by atoms with Crippen LogP contribution in [0.25, 0.3) is 10.6 Å². The Morgan fingerprint density at radius 3 is 2.80 bits per heavy atom. The van der Waals surface area contributed by atoms with Gasteiger partial charge in [0, 0.05) is 27.8 Å². The van der Waals surface area contributed by atoms with Crippen molar-refractivity contribution in [3.05, 3.63) is 53.2 Å². The molecular weight excluding hydrogens is 358 g/mol. The molecule has 1 amide bonds. The molecule has 0 saturated heterocycles. The largest absolute Gasteiger partial charge is 0.360 e. The van der Waals surface area contributed by atoms with Crippen molar-refractivity contribution in [3.63, 3.8) is 0 Å². The van der Waals surface area contributed by atoms with Gasteiger partial charge in [-0.15, -0.1) is 11.3 Å². The maximum atomic E-state index is 12.5. The van der Waals surface area contributed by atoms with Crippen molar-refractivity contribution in [2.75, 3.05) is 5.32 Å². The van der Waals surface area contributed by atoms with Crippen molar-refractivity contribution >= 4 is 33.9 Å². The number of nitrogens with one attached hydrogen (secondary N) is 1. The molecule has 0 bridgehead atoms. The Morgan fingerprint density at radius 1 is 1.36 bits per heavy atom. The van der Waals surface area contributed by atoms with Crippen LogP contribution in [0.5, 0.6) is 0 Å². The van der Waals surface area contributed by atoms with Crippen LogP contribution in [0.4, 0.5) is 5.82 Å². The molecule has 3 aromatic rings. The predicted molar refractivity (Wildman–Crippen MR) is 98.7 cm³/mol. The van der Waals surface area contributed by atoms with Crippen LogP contribution in [0, 0.1) is 6.92 Å². The Hall–Kier alpha value is -2.32. The fraction of sp³-hybridized carbons (Fsp3) is 0.235. The summed E-state index contributed by atoms with van der Waals surface area (Å²) in [6.45, 7) is 3.36. The number of carbonyl (C=O) groups excluding carboxylic acids is 1. The summed E-state index contributed by atoms with van der Waals surface area (Å²) in [5.41, 5.74) is 1.75.